The van der Waals surface area contributed by atoms with E-state index < -0.39 is 46.1 Å². The zero-order valence-corrected chi connectivity index (χ0v) is 18.1. The minimum atomic E-state index is -3.44. The van der Waals surface area contributed by atoms with Crippen LogP contribution in [0.4, 0.5) is 8.78 Å². The molecule has 2 aromatic rings. The molecule has 0 saturated carbocycles. The second-order valence-corrected chi connectivity index (χ2v) is 10.3. The van der Waals surface area contributed by atoms with Crippen molar-refractivity contribution in [1.82, 2.24) is 9.62 Å². The molecule has 0 aromatic heterocycles. The Morgan fingerprint density at radius 2 is 1.57 bits per heavy atom. The van der Waals surface area contributed by atoms with E-state index in [0.29, 0.717) is 10.5 Å². The first-order valence-electron chi connectivity index (χ1n) is 9.53. The van der Waals surface area contributed by atoms with Crippen LogP contribution in [0.5, 0.6) is 0 Å². The monoisotopic (exact) mass is 434 g/mol. The lowest BCUT2D eigenvalue weighted by Gasteiger charge is -2.25. The molecule has 5 nitrogen and oxygen atoms in total. The van der Waals surface area contributed by atoms with Crippen LogP contribution in [0.15, 0.2) is 48.5 Å². The lowest BCUT2D eigenvalue weighted by atomic mass is 10.0. The Kier molecular flexibility index (Phi) is 5.93. The fourth-order valence-electron chi connectivity index (χ4n) is 3.11. The zero-order valence-electron chi connectivity index (χ0n) is 17.2. The highest BCUT2D eigenvalue weighted by Crippen LogP contribution is 2.34. The number of halogens is 2. The fourth-order valence-corrected chi connectivity index (χ4v) is 3.92. The summed E-state index contributed by atoms with van der Waals surface area (Å²) >= 11 is 0. The predicted octanol–water partition coefficient (Wildman–Crippen LogP) is 4.19. The molecule has 1 unspecified atom stereocenters. The smallest absolute Gasteiger partial charge is 0.269 e. The Labute approximate surface area is 177 Å². The molecule has 0 fully saturated rings. The summed E-state index contributed by atoms with van der Waals surface area (Å²) in [6.07, 6.45) is 0. The summed E-state index contributed by atoms with van der Waals surface area (Å²) in [6, 6.07) is 11.4. The molecule has 1 aliphatic heterocycles. The third-order valence-corrected chi connectivity index (χ3v) is 6.56. The van der Waals surface area contributed by atoms with Gasteiger partial charge in [0.05, 0.1) is 33.4 Å². The highest BCUT2D eigenvalue weighted by atomic mass is 32.2. The second-order valence-electron chi connectivity index (χ2n) is 8.29. The molecule has 3 rings (SSSR count). The summed E-state index contributed by atoms with van der Waals surface area (Å²) < 4.78 is 44.8. The summed E-state index contributed by atoms with van der Waals surface area (Å²) in [4.78, 5) is 25.5. The van der Waals surface area contributed by atoms with Gasteiger partial charge in [-0.25, -0.2) is 8.93 Å². The largest absolute Gasteiger partial charge is 0.290 e. The first-order chi connectivity index (χ1) is 13.9. The summed E-state index contributed by atoms with van der Waals surface area (Å²) in [5.74, 6) is -4.88. The van der Waals surface area contributed by atoms with Crippen molar-refractivity contribution in [2.75, 3.05) is 6.54 Å². The Balaban J connectivity index is 1.81. The van der Waals surface area contributed by atoms with Gasteiger partial charge >= 0.3 is 0 Å². The van der Waals surface area contributed by atoms with Gasteiger partial charge in [0.15, 0.2) is 0 Å². The zero-order chi connectivity index (χ0) is 22.3. The van der Waals surface area contributed by atoms with Crippen LogP contribution in [0.3, 0.4) is 0 Å². The molecule has 0 radical (unpaired) electrons. The second kappa shape index (κ2) is 8.00. The Morgan fingerprint density at radius 1 is 1.00 bits per heavy atom. The lowest BCUT2D eigenvalue weighted by molar-refractivity contribution is -0.0275. The number of carbonyl (C=O) groups is 2. The predicted molar refractivity (Wildman–Crippen MR) is 112 cm³/mol. The first-order valence-corrected chi connectivity index (χ1v) is 10.7. The maximum Gasteiger partial charge on any atom is 0.290 e. The number of nitrogens with zero attached hydrogens (tertiary/aromatic N) is 1. The molecular weight excluding hydrogens is 410 g/mol. The Morgan fingerprint density at radius 3 is 2.10 bits per heavy atom. The van der Waals surface area contributed by atoms with E-state index in [4.69, 9.17) is 0 Å². The standard InChI is InChI=1S/C22H24F2N2O3S/c1-14(25-30(29)21(2,3)4)15-8-7-9-16(12-15)22(23,24)13-26-19(27)17-10-5-6-11-18(17)20(26)28/h5-12,14,25H,13H2,1-4H3/t14-,30?/m1/s1. The van der Waals surface area contributed by atoms with Crippen molar-refractivity contribution in [3.05, 3.63) is 70.8 Å². The highest BCUT2D eigenvalue weighted by Gasteiger charge is 2.43. The third kappa shape index (κ3) is 4.34. The number of hydrogen-bond donors (Lipinski definition) is 1. The van der Waals surface area contributed by atoms with Crippen LogP contribution in [0, 0.1) is 0 Å². The molecule has 2 aromatic carbocycles. The minimum Gasteiger partial charge on any atom is -0.269 e. The van der Waals surface area contributed by atoms with Crippen LogP contribution in [-0.2, 0) is 16.9 Å². The molecule has 30 heavy (non-hydrogen) atoms. The van der Waals surface area contributed by atoms with Gasteiger partial charge in [-0.05, 0) is 51.5 Å². The molecule has 1 heterocycles. The van der Waals surface area contributed by atoms with Crippen LogP contribution >= 0.6 is 0 Å². The Bertz CT molecular complexity index is 982. The van der Waals surface area contributed by atoms with E-state index in [1.807, 2.05) is 20.8 Å². The van der Waals surface area contributed by atoms with Crippen molar-refractivity contribution in [3.63, 3.8) is 0 Å². The van der Waals surface area contributed by atoms with E-state index in [0.717, 1.165) is 0 Å². The quantitative estimate of drug-likeness (QED) is 0.694. The summed E-state index contributed by atoms with van der Waals surface area (Å²) in [7, 11) is -1.37. The van der Waals surface area contributed by atoms with Crippen LogP contribution in [0.1, 0.15) is 65.6 Å². The SMILES string of the molecule is C[C@@H](NS(=O)C(C)(C)C)c1cccc(C(F)(F)CN2C(=O)c3ccccc3C2=O)c1. The molecule has 1 aliphatic rings. The maximum atomic E-state index is 15.0. The van der Waals surface area contributed by atoms with Crippen molar-refractivity contribution < 1.29 is 22.6 Å². The fraction of sp³-hybridized carbons (Fsp3) is 0.364. The molecule has 0 saturated heterocycles. The van der Waals surface area contributed by atoms with Crippen molar-refractivity contribution in [2.45, 2.75) is 44.4 Å². The van der Waals surface area contributed by atoms with E-state index in [2.05, 4.69) is 4.72 Å². The van der Waals surface area contributed by atoms with Gasteiger partial charge in [0.2, 0.25) is 0 Å². The highest BCUT2D eigenvalue weighted by molar-refractivity contribution is 7.84. The van der Waals surface area contributed by atoms with E-state index in [9.17, 15) is 13.8 Å². The van der Waals surface area contributed by atoms with Crippen molar-refractivity contribution >= 4 is 22.8 Å². The maximum absolute atomic E-state index is 15.0. The number of amides is 2. The first kappa shape index (κ1) is 22.2. The number of nitrogens with one attached hydrogen (secondary N) is 1. The van der Waals surface area contributed by atoms with Gasteiger partial charge in [0, 0.05) is 11.6 Å². The number of hydrogen-bond acceptors (Lipinski definition) is 3. The van der Waals surface area contributed by atoms with Gasteiger partial charge in [-0.1, -0.05) is 30.3 Å². The molecular formula is C22H24F2N2O3S. The number of carbonyl (C=O) groups excluding carboxylic acids is 2. The molecule has 1 N–H and O–H groups in total. The topological polar surface area (TPSA) is 66.5 Å². The molecule has 2 amide bonds. The lowest BCUT2D eigenvalue weighted by Crippen LogP contribution is -2.39. The van der Waals surface area contributed by atoms with Crippen LogP contribution in [0.25, 0.3) is 0 Å². The average molecular weight is 435 g/mol. The minimum absolute atomic E-state index is 0.134. The molecule has 8 heteroatoms. The van der Waals surface area contributed by atoms with Crippen LogP contribution in [0.2, 0.25) is 0 Å². The van der Waals surface area contributed by atoms with Gasteiger partial charge in [0.25, 0.3) is 17.7 Å². The van der Waals surface area contributed by atoms with Crippen molar-refractivity contribution in [3.8, 4) is 0 Å². The average Bonchev–Trinajstić information content (AvgIpc) is 2.92. The molecule has 2 atom stereocenters. The number of rotatable bonds is 6. The van der Waals surface area contributed by atoms with E-state index in [1.165, 1.54) is 30.3 Å². The summed E-state index contributed by atoms with van der Waals surface area (Å²) in [5.41, 5.74) is 0.489. The number of benzene rings is 2. The molecule has 160 valence electrons. The van der Waals surface area contributed by atoms with Gasteiger partial charge in [-0.15, -0.1) is 0 Å². The summed E-state index contributed by atoms with van der Waals surface area (Å²) in [5, 5.41) is 0. The van der Waals surface area contributed by atoms with Gasteiger partial charge < -0.3 is 0 Å². The summed E-state index contributed by atoms with van der Waals surface area (Å²) in [6.45, 7) is 6.14. The normalized spacial score (nSPS) is 16.5. The number of alkyl halides is 2. The van der Waals surface area contributed by atoms with Gasteiger partial charge in [0.1, 0.15) is 0 Å². The van der Waals surface area contributed by atoms with Crippen molar-refractivity contribution in [2.24, 2.45) is 0 Å². The van der Waals surface area contributed by atoms with Crippen molar-refractivity contribution in [1.29, 1.82) is 0 Å². The van der Waals surface area contributed by atoms with Gasteiger partial charge in [-0.3, -0.25) is 14.5 Å². The van der Waals surface area contributed by atoms with E-state index in [-0.39, 0.29) is 16.7 Å². The number of fused-ring (bicyclic) bond motifs is 1. The third-order valence-electron chi connectivity index (χ3n) is 4.88. The Hall–Kier alpha value is -2.45. The molecule has 0 bridgehead atoms. The molecule has 0 aliphatic carbocycles. The molecule has 0 spiro atoms. The van der Waals surface area contributed by atoms with Crippen LogP contribution in [-0.4, -0.2) is 32.2 Å². The van der Waals surface area contributed by atoms with E-state index >= 15 is 8.78 Å². The van der Waals surface area contributed by atoms with Crippen LogP contribution < -0.4 is 4.72 Å². The van der Waals surface area contributed by atoms with E-state index in [1.54, 1.807) is 25.1 Å². The number of imide groups is 1. The van der Waals surface area contributed by atoms with Gasteiger partial charge in [-0.2, -0.15) is 8.78 Å².